The van der Waals surface area contributed by atoms with Gasteiger partial charge >= 0.3 is 11.9 Å². The summed E-state index contributed by atoms with van der Waals surface area (Å²) in [5, 5.41) is 41.3. The summed E-state index contributed by atoms with van der Waals surface area (Å²) in [5.74, 6) is -11.3. The molecule has 242 valence electrons. The third kappa shape index (κ3) is 4.13. The zero-order valence-electron chi connectivity index (χ0n) is 25.4. The lowest BCUT2D eigenvalue weighted by atomic mass is 9.40. The fraction of sp³-hybridized carbons (Fsp3) is 0.733. The van der Waals surface area contributed by atoms with Gasteiger partial charge in [-0.05, 0) is 49.4 Å². The number of esters is 2. The molecule has 0 aromatic carbocycles. The smallest absolute Gasteiger partial charge is 0.342 e. The SMILES string of the molecule is CC(C)[C@](O)(C(=O)OCN1C(=O)[C@@H]2[C@@H]3C=C[C@@H]([C@@H]2C1=O)[C@H]1[C@H]2C(=O)N(COC(=O)[C@@](O)(C(C)C)[C@@H](C)O)C(=O)[C@@H]2[C@H]31)[C@H](C)O. The van der Waals surface area contributed by atoms with Crippen LogP contribution in [0.25, 0.3) is 0 Å². The first-order chi connectivity index (χ1) is 20.4. The molecule has 12 atom stereocenters. The number of imide groups is 2. The van der Waals surface area contributed by atoms with Gasteiger partial charge in [0, 0.05) is 0 Å². The van der Waals surface area contributed by atoms with E-state index in [9.17, 15) is 49.2 Å². The van der Waals surface area contributed by atoms with Crippen LogP contribution >= 0.6 is 0 Å². The molecule has 14 nitrogen and oxygen atoms in total. The average molecular weight is 621 g/mol. The molecule has 4 fully saturated rings. The Morgan fingerprint density at radius 1 is 0.659 bits per heavy atom. The molecular weight excluding hydrogens is 580 g/mol. The number of allylic oxidation sites excluding steroid dienone is 2. The summed E-state index contributed by atoms with van der Waals surface area (Å²) in [7, 11) is 0. The van der Waals surface area contributed by atoms with Crippen molar-refractivity contribution in [1.29, 1.82) is 0 Å². The van der Waals surface area contributed by atoms with Gasteiger partial charge in [0.25, 0.3) is 0 Å². The second kappa shape index (κ2) is 10.7. The number of aliphatic hydroxyl groups excluding tert-OH is 2. The number of hydrogen-bond acceptors (Lipinski definition) is 12. The lowest BCUT2D eigenvalue weighted by Crippen LogP contribution is -2.63. The largest absolute Gasteiger partial charge is 0.441 e. The fourth-order valence-electron chi connectivity index (χ4n) is 8.23. The Labute approximate surface area is 253 Å². The normalized spacial score (nSPS) is 36.0. The molecule has 2 bridgehead atoms. The highest BCUT2D eigenvalue weighted by molar-refractivity contribution is 6.09. The number of ether oxygens (including phenoxy) is 2. The van der Waals surface area contributed by atoms with Crippen LogP contribution in [-0.2, 0) is 38.2 Å². The molecule has 0 radical (unpaired) electrons. The lowest BCUT2D eigenvalue weighted by molar-refractivity contribution is -0.190. The lowest BCUT2D eigenvalue weighted by Gasteiger charge is -2.60. The topological polar surface area (TPSA) is 208 Å². The Hall–Kier alpha value is -3.20. The minimum absolute atomic E-state index is 0.418. The van der Waals surface area contributed by atoms with Crippen LogP contribution in [0.15, 0.2) is 12.2 Å². The number of carbonyl (C=O) groups excluding carboxylic acids is 6. The molecule has 6 aliphatic rings. The highest BCUT2D eigenvalue weighted by Crippen LogP contribution is 2.68. The van der Waals surface area contributed by atoms with Crippen molar-refractivity contribution in [2.24, 2.45) is 59.2 Å². The summed E-state index contributed by atoms with van der Waals surface area (Å²) >= 11 is 0. The molecular formula is C30H40N2O12. The quantitative estimate of drug-likeness (QED) is 0.129. The van der Waals surface area contributed by atoms with Gasteiger partial charge in [-0.25, -0.2) is 19.4 Å². The minimum Gasteiger partial charge on any atom is -0.441 e. The third-order valence-electron chi connectivity index (χ3n) is 10.9. The minimum atomic E-state index is -2.25. The van der Waals surface area contributed by atoms with E-state index in [2.05, 4.69) is 0 Å². The zero-order chi connectivity index (χ0) is 32.8. The summed E-state index contributed by atoms with van der Waals surface area (Å²) in [5.41, 5.74) is -4.50. The number of rotatable bonds is 10. The van der Waals surface area contributed by atoms with E-state index in [1.165, 1.54) is 41.5 Å². The highest BCUT2D eigenvalue weighted by Gasteiger charge is 2.75. The van der Waals surface area contributed by atoms with Crippen LogP contribution in [0.5, 0.6) is 0 Å². The fourth-order valence-corrected chi connectivity index (χ4v) is 8.23. The molecule has 6 rings (SSSR count). The molecule has 44 heavy (non-hydrogen) atoms. The summed E-state index contributed by atoms with van der Waals surface area (Å²) in [4.78, 5) is 81.0. The molecule has 2 saturated heterocycles. The number of fused-ring (bicyclic) bond motifs is 1. The summed E-state index contributed by atoms with van der Waals surface area (Å²) in [6.07, 6.45) is 0.634. The monoisotopic (exact) mass is 620 g/mol. The molecule has 4 amide bonds. The van der Waals surface area contributed by atoms with E-state index >= 15 is 0 Å². The van der Waals surface area contributed by atoms with E-state index in [-0.39, 0.29) is 0 Å². The van der Waals surface area contributed by atoms with E-state index in [0.717, 1.165) is 9.80 Å². The van der Waals surface area contributed by atoms with Crippen LogP contribution in [0, 0.1) is 59.2 Å². The van der Waals surface area contributed by atoms with E-state index in [1.807, 2.05) is 0 Å². The Balaban J connectivity index is 1.30. The number of amides is 4. The molecule has 0 unspecified atom stereocenters. The number of aliphatic hydroxyl groups is 4. The molecule has 2 aliphatic heterocycles. The van der Waals surface area contributed by atoms with Crippen LogP contribution in [-0.4, -0.2) is 103 Å². The second-order valence-corrected chi connectivity index (χ2v) is 13.4. The van der Waals surface area contributed by atoms with Crippen LogP contribution in [0.4, 0.5) is 0 Å². The Bertz CT molecular complexity index is 1250. The van der Waals surface area contributed by atoms with Gasteiger partial charge in [-0.3, -0.25) is 19.2 Å². The van der Waals surface area contributed by atoms with Crippen LogP contribution < -0.4 is 0 Å². The van der Waals surface area contributed by atoms with Crippen molar-refractivity contribution in [3.63, 3.8) is 0 Å². The van der Waals surface area contributed by atoms with E-state index in [1.54, 1.807) is 12.2 Å². The Morgan fingerprint density at radius 3 is 1.23 bits per heavy atom. The number of nitrogens with zero attached hydrogens (tertiary/aromatic N) is 2. The van der Waals surface area contributed by atoms with Gasteiger partial charge in [-0.1, -0.05) is 39.8 Å². The standard InChI is InChI=1S/C30H40N2O12/c1-11(2)29(41,13(5)33)27(39)43-9-31-23(35)19-15-7-8-16(20(19)24(31)36)18-17(15)21-22(18)26(38)32(25(21)37)10-44-28(40)30(42,12(3)4)14(6)34/h7-8,11-22,33-34,41-42H,9-10H2,1-6H3/t13-,14+,15+,16+,17+,18+,19-,20+,21+,22+,29+,30+/m0/s1. The van der Waals surface area contributed by atoms with Gasteiger partial charge in [0.1, 0.15) is 0 Å². The first-order valence-electron chi connectivity index (χ1n) is 15.0. The van der Waals surface area contributed by atoms with E-state index in [4.69, 9.17) is 9.47 Å². The molecule has 2 heterocycles. The van der Waals surface area contributed by atoms with E-state index < -0.39 is 132 Å². The summed E-state index contributed by atoms with van der Waals surface area (Å²) in [6, 6.07) is 0. The van der Waals surface area contributed by atoms with Gasteiger partial charge in [0.2, 0.25) is 23.6 Å². The van der Waals surface area contributed by atoms with Crippen molar-refractivity contribution in [1.82, 2.24) is 9.80 Å². The highest BCUT2D eigenvalue weighted by atomic mass is 16.6. The van der Waals surface area contributed by atoms with Crippen LogP contribution in [0.2, 0.25) is 0 Å². The van der Waals surface area contributed by atoms with Crippen molar-refractivity contribution < 1.29 is 58.7 Å². The molecule has 14 heteroatoms. The maximum Gasteiger partial charge on any atom is 0.342 e. The summed E-state index contributed by atoms with van der Waals surface area (Å²) < 4.78 is 10.3. The Morgan fingerprint density at radius 2 is 0.955 bits per heavy atom. The first kappa shape index (κ1) is 32.2. The molecule has 0 aromatic heterocycles. The molecule has 0 aromatic rings. The number of carbonyl (C=O) groups is 6. The molecule has 2 saturated carbocycles. The molecule has 4 aliphatic carbocycles. The summed E-state index contributed by atoms with van der Waals surface area (Å²) in [6.45, 7) is 7.02. The molecule has 0 spiro atoms. The van der Waals surface area contributed by atoms with Gasteiger partial charge in [0.15, 0.2) is 24.7 Å². The van der Waals surface area contributed by atoms with Crippen molar-refractivity contribution in [3.8, 4) is 0 Å². The predicted octanol–water partition coefficient (Wildman–Crippen LogP) is -1.21. The van der Waals surface area contributed by atoms with Gasteiger partial charge in [0.05, 0.1) is 35.9 Å². The van der Waals surface area contributed by atoms with E-state index in [0.29, 0.717) is 0 Å². The number of likely N-dealkylation sites (tertiary alicyclic amines) is 2. The van der Waals surface area contributed by atoms with Crippen LogP contribution in [0.1, 0.15) is 41.5 Å². The third-order valence-corrected chi connectivity index (χ3v) is 10.9. The maximum atomic E-state index is 13.5. The van der Waals surface area contributed by atoms with Gasteiger partial charge < -0.3 is 29.9 Å². The van der Waals surface area contributed by atoms with Crippen molar-refractivity contribution in [2.45, 2.75) is 65.0 Å². The maximum absolute atomic E-state index is 13.5. The van der Waals surface area contributed by atoms with Crippen molar-refractivity contribution >= 4 is 35.6 Å². The Kier molecular flexibility index (Phi) is 7.84. The first-order valence-corrected chi connectivity index (χ1v) is 15.0. The second-order valence-electron chi connectivity index (χ2n) is 13.4. The average Bonchev–Trinajstić information content (AvgIpc) is 3.31. The van der Waals surface area contributed by atoms with Crippen LogP contribution in [0.3, 0.4) is 0 Å². The zero-order valence-corrected chi connectivity index (χ0v) is 25.4. The van der Waals surface area contributed by atoms with Crippen molar-refractivity contribution in [3.05, 3.63) is 12.2 Å². The number of hydrogen-bond donors (Lipinski definition) is 4. The van der Waals surface area contributed by atoms with Crippen molar-refractivity contribution in [2.75, 3.05) is 13.5 Å². The van der Waals surface area contributed by atoms with Gasteiger partial charge in [-0.2, -0.15) is 0 Å². The predicted molar refractivity (Wildman–Crippen MR) is 146 cm³/mol. The molecule has 4 N–H and O–H groups in total. The van der Waals surface area contributed by atoms with Gasteiger partial charge in [-0.15, -0.1) is 0 Å².